The predicted molar refractivity (Wildman–Crippen MR) is 214 cm³/mol. The maximum atomic E-state index is 5.22. The summed E-state index contributed by atoms with van der Waals surface area (Å²) in [6.45, 7) is 8.17. The van der Waals surface area contributed by atoms with Crippen molar-refractivity contribution in [3.05, 3.63) is 116 Å². The molecule has 3 aromatic carbocycles. The second-order valence-electron chi connectivity index (χ2n) is 12.8. The Labute approximate surface area is 308 Å². The van der Waals surface area contributed by atoms with Gasteiger partial charge < -0.3 is 36.2 Å². The normalized spacial score (nSPS) is 10.9. The van der Waals surface area contributed by atoms with Crippen molar-refractivity contribution in [3.63, 3.8) is 0 Å². The molecule has 0 aliphatic heterocycles. The molecule has 0 fully saturated rings. The van der Waals surface area contributed by atoms with Gasteiger partial charge in [0, 0.05) is 63.2 Å². The first-order valence-electron chi connectivity index (χ1n) is 18.2. The van der Waals surface area contributed by atoms with Crippen molar-refractivity contribution in [2.24, 2.45) is 10.2 Å². The number of methoxy groups -OCH3 is 1. The maximum Gasteiger partial charge on any atom is 0.352 e. The zero-order chi connectivity index (χ0) is 36.5. The van der Waals surface area contributed by atoms with Gasteiger partial charge in [-0.1, -0.05) is 0 Å². The smallest absolute Gasteiger partial charge is 0.352 e. The molecule has 0 atom stereocenters. The Kier molecular flexibility index (Phi) is 14.0. The zero-order valence-corrected chi connectivity index (χ0v) is 31.2. The molecular weight excluding hydrogens is 649 g/mol. The third-order valence-electron chi connectivity index (χ3n) is 8.89. The zero-order valence-electron chi connectivity index (χ0n) is 31.2. The van der Waals surface area contributed by atoms with E-state index in [1.807, 2.05) is 56.6 Å². The Morgan fingerprint density at radius 2 is 1.12 bits per heavy atom. The third-order valence-corrected chi connectivity index (χ3v) is 8.89. The van der Waals surface area contributed by atoms with Gasteiger partial charge in [0.25, 0.3) is 0 Å². The minimum absolute atomic E-state index is 0.797. The molecule has 272 valence electrons. The summed E-state index contributed by atoms with van der Waals surface area (Å²) in [4.78, 5) is 4.41. The number of hydrogen-bond donors (Lipinski definition) is 4. The van der Waals surface area contributed by atoms with E-state index in [1.165, 1.54) is 5.69 Å². The first-order valence-corrected chi connectivity index (χ1v) is 18.2. The number of unbranched alkanes of at least 4 members (excludes halogenated alkanes) is 3. The Morgan fingerprint density at radius 3 is 1.71 bits per heavy atom. The number of ether oxygens (including phenoxy) is 1. The molecule has 0 amide bonds. The highest BCUT2D eigenvalue weighted by Crippen LogP contribution is 2.23. The largest absolute Gasteiger partial charge is 0.497 e. The number of rotatable bonds is 20. The van der Waals surface area contributed by atoms with Crippen molar-refractivity contribution < 1.29 is 13.9 Å². The van der Waals surface area contributed by atoms with Crippen LogP contribution in [-0.4, -0.2) is 34.3 Å². The monoisotopic (exact) mass is 702 g/mol. The van der Waals surface area contributed by atoms with Crippen molar-refractivity contribution in [3.8, 4) is 5.75 Å². The van der Waals surface area contributed by atoms with Crippen LogP contribution in [0.15, 0.2) is 126 Å². The van der Waals surface area contributed by atoms with E-state index in [1.54, 1.807) is 7.11 Å². The summed E-state index contributed by atoms with van der Waals surface area (Å²) in [7, 11) is 5.73. The van der Waals surface area contributed by atoms with Crippen LogP contribution in [0.5, 0.6) is 5.75 Å². The molecule has 2 aromatic heterocycles. The van der Waals surface area contributed by atoms with Gasteiger partial charge in [-0.3, -0.25) is 0 Å². The van der Waals surface area contributed by atoms with Crippen LogP contribution in [0.1, 0.15) is 39.5 Å². The molecule has 0 saturated heterocycles. The van der Waals surface area contributed by atoms with Crippen molar-refractivity contribution in [1.82, 2.24) is 0 Å². The van der Waals surface area contributed by atoms with Crippen LogP contribution < -0.4 is 45.4 Å². The first-order chi connectivity index (χ1) is 25.4. The maximum absolute atomic E-state index is 5.22. The number of aromatic nitrogens is 2. The fourth-order valence-electron chi connectivity index (χ4n) is 5.72. The average molecular weight is 703 g/mol. The van der Waals surface area contributed by atoms with Crippen molar-refractivity contribution >= 4 is 45.6 Å². The van der Waals surface area contributed by atoms with Crippen molar-refractivity contribution in [1.29, 1.82) is 0 Å². The van der Waals surface area contributed by atoms with E-state index in [-0.39, 0.29) is 0 Å². The van der Waals surface area contributed by atoms with Crippen LogP contribution in [0.25, 0.3) is 0 Å². The van der Waals surface area contributed by atoms with E-state index in [4.69, 9.17) is 9.85 Å². The molecule has 0 bridgehead atoms. The van der Waals surface area contributed by atoms with Crippen molar-refractivity contribution in [2.75, 3.05) is 65.8 Å². The summed E-state index contributed by atoms with van der Waals surface area (Å²) in [5.74, 6) is 1.63. The van der Waals surface area contributed by atoms with Gasteiger partial charge in [0.1, 0.15) is 18.0 Å². The lowest BCUT2D eigenvalue weighted by Crippen LogP contribution is -2.34. The quantitative estimate of drug-likeness (QED) is 0.0279. The summed E-state index contributed by atoms with van der Waals surface area (Å²) in [5.41, 5.74) is 20.2. The lowest BCUT2D eigenvalue weighted by Gasteiger charge is -2.21. The van der Waals surface area contributed by atoms with E-state index >= 15 is 0 Å². The van der Waals surface area contributed by atoms with Crippen LogP contribution >= 0.6 is 0 Å². The van der Waals surface area contributed by atoms with E-state index < -0.39 is 0 Å². The number of nitrogens with one attached hydrogen (secondary N) is 4. The number of nitrogens with zero attached hydrogens (tertiary/aromatic N) is 6. The minimum Gasteiger partial charge on any atom is -0.497 e. The molecule has 5 rings (SSSR count). The minimum atomic E-state index is 0.797. The summed E-state index contributed by atoms with van der Waals surface area (Å²) in [6.07, 6.45) is 10.8. The van der Waals surface area contributed by atoms with Gasteiger partial charge in [-0.15, -0.1) is 0 Å². The predicted octanol–water partition coefficient (Wildman–Crippen LogP) is 8.74. The molecule has 0 radical (unpaired) electrons. The highest BCUT2D eigenvalue weighted by Gasteiger charge is 2.13. The molecule has 2 heterocycles. The van der Waals surface area contributed by atoms with Gasteiger partial charge in [-0.25, -0.2) is 9.13 Å². The lowest BCUT2D eigenvalue weighted by atomic mass is 10.2. The number of azo groups is 1. The molecule has 5 aromatic rings. The highest BCUT2D eigenvalue weighted by molar-refractivity contribution is 5.59. The fourth-order valence-corrected chi connectivity index (χ4v) is 5.72. The van der Waals surface area contributed by atoms with E-state index in [0.29, 0.717) is 0 Å². The molecular formula is C41H54N10O+2. The second-order valence-corrected chi connectivity index (χ2v) is 12.8. The topological polar surface area (TPSA) is 96.3 Å². The summed E-state index contributed by atoms with van der Waals surface area (Å²) >= 11 is 0. The molecule has 0 saturated carbocycles. The standard InChI is InChI=1S/C41H52N10O/c1-6-50(7-2)39-20-14-33(15-21-39)43-46-37-26-31-51(41(32-37)47-45-34-12-18-38(19-13-34)48(3)4)28-11-9-8-10-27-49-29-24-36(25-30-49)44-42-35-16-22-40(52-5)23-17-35/h12-26,29-32,42H,6-11,27-28H2,1-5H3,(H,43,45)/p+2. The molecule has 0 aliphatic rings. The number of pyridine rings is 2. The van der Waals surface area contributed by atoms with Gasteiger partial charge in [-0.05, 0) is 111 Å². The average Bonchev–Trinajstić information content (AvgIpc) is 3.19. The second kappa shape index (κ2) is 19.5. The van der Waals surface area contributed by atoms with Crippen LogP contribution in [0, 0.1) is 0 Å². The number of hydrazine groups is 2. The highest BCUT2D eigenvalue weighted by atomic mass is 16.5. The molecule has 4 N–H and O–H groups in total. The first kappa shape index (κ1) is 37.4. The summed E-state index contributed by atoms with van der Waals surface area (Å²) < 4.78 is 9.64. The van der Waals surface area contributed by atoms with E-state index in [0.717, 1.165) is 97.6 Å². The number of hydrogen-bond acceptors (Lipinski definition) is 9. The molecule has 11 heteroatoms. The summed E-state index contributed by atoms with van der Waals surface area (Å²) in [6, 6.07) is 32.7. The molecule has 52 heavy (non-hydrogen) atoms. The number of benzene rings is 3. The van der Waals surface area contributed by atoms with Gasteiger partial charge in [0.15, 0.2) is 12.4 Å². The van der Waals surface area contributed by atoms with Crippen molar-refractivity contribution in [2.45, 2.75) is 52.6 Å². The Bertz CT molecular complexity index is 1810. The van der Waals surface area contributed by atoms with Crippen LogP contribution in [0.2, 0.25) is 0 Å². The molecule has 0 unspecified atom stereocenters. The van der Waals surface area contributed by atoms with Gasteiger partial charge in [0.05, 0.1) is 53.8 Å². The molecule has 0 aliphatic carbocycles. The fraction of sp³-hybridized carbons (Fsp3) is 0.317. The molecule has 0 spiro atoms. The van der Waals surface area contributed by atoms with Gasteiger partial charge >= 0.3 is 5.82 Å². The third kappa shape index (κ3) is 11.3. The van der Waals surface area contributed by atoms with Crippen LogP contribution in [0.3, 0.4) is 0 Å². The van der Waals surface area contributed by atoms with Crippen LogP contribution in [-0.2, 0) is 13.1 Å². The lowest BCUT2D eigenvalue weighted by molar-refractivity contribution is -0.697. The summed E-state index contributed by atoms with van der Waals surface area (Å²) in [5, 5.41) is 9.29. The Hall–Kier alpha value is -5.84. The van der Waals surface area contributed by atoms with Gasteiger partial charge in [-0.2, -0.15) is 0 Å². The van der Waals surface area contributed by atoms with E-state index in [9.17, 15) is 0 Å². The molecule has 11 nitrogen and oxygen atoms in total. The SMILES string of the molecule is CCN(CC)c1ccc(NNc2cc[n+](CCCCCC[n+]3ccc(NNc4ccc(OC)cc4)cc3)c(N=Nc3ccc(N(C)C)cc3)c2)cc1. The number of anilines is 6. The van der Waals surface area contributed by atoms with Crippen LogP contribution in [0.4, 0.5) is 45.6 Å². The van der Waals surface area contributed by atoms with E-state index in [2.05, 4.69) is 133 Å². The van der Waals surface area contributed by atoms with Gasteiger partial charge in [0.2, 0.25) is 0 Å². The Morgan fingerprint density at radius 1 is 0.577 bits per heavy atom. The Balaban J connectivity index is 1.12. The number of aryl methyl sites for hydroxylation is 2.